The smallest absolute Gasteiger partial charge is 0.0691 e. The molecule has 175 valence electrons. The van der Waals surface area contributed by atoms with E-state index in [0.717, 1.165) is 22.8 Å². The number of benzene rings is 2. The Hall–Kier alpha value is -1.99. The second kappa shape index (κ2) is 15.0. The predicted molar refractivity (Wildman–Crippen MR) is 138 cm³/mol. The maximum Gasteiger partial charge on any atom is 0.0691 e. The molecule has 0 N–H and O–H groups in total. The van der Waals surface area contributed by atoms with E-state index >= 15 is 0 Å². The van der Waals surface area contributed by atoms with Crippen LogP contribution in [0.1, 0.15) is 74.6 Å². The van der Waals surface area contributed by atoms with Gasteiger partial charge in [-0.25, -0.2) is 0 Å². The van der Waals surface area contributed by atoms with Crippen LogP contribution in [0.15, 0.2) is 65.3 Å². The third kappa shape index (κ3) is 9.66. The van der Waals surface area contributed by atoms with E-state index in [4.69, 9.17) is 10.3 Å². The molecule has 0 fully saturated rings. The minimum absolute atomic E-state index is 0. The first-order valence-electron chi connectivity index (χ1n) is 11.6. The third-order valence-electron chi connectivity index (χ3n) is 5.53. The summed E-state index contributed by atoms with van der Waals surface area (Å²) in [5, 5.41) is 4.76. The summed E-state index contributed by atoms with van der Waals surface area (Å²) < 4.78 is 0. The van der Waals surface area contributed by atoms with Gasteiger partial charge in [0.2, 0.25) is 0 Å². The van der Waals surface area contributed by atoms with Crippen LogP contribution in [0.5, 0.6) is 0 Å². The molecule has 1 radical (unpaired) electrons. The Bertz CT molecular complexity index is 888. The predicted octanol–water partition coefficient (Wildman–Crippen LogP) is 9.52. The molecule has 0 amide bonds. The molecule has 1 aliphatic carbocycles. The van der Waals surface area contributed by atoms with Crippen LogP contribution in [-0.2, 0) is 19.5 Å². The molecule has 2 aromatic rings. The van der Waals surface area contributed by atoms with E-state index in [0.29, 0.717) is 0 Å². The molecule has 3 heteroatoms. The maximum atomic E-state index is 4.76. The van der Waals surface area contributed by atoms with Crippen molar-refractivity contribution in [2.24, 2.45) is 4.99 Å². The molecule has 0 saturated carbocycles. The van der Waals surface area contributed by atoms with Gasteiger partial charge < -0.3 is 5.32 Å². The number of nitrogens with zero attached hydrogens (tertiary/aromatic N) is 2. The normalized spacial score (nSPS) is 15.4. The number of para-hydroxylation sites is 2. The van der Waals surface area contributed by atoms with Crippen molar-refractivity contribution in [1.82, 2.24) is 0 Å². The van der Waals surface area contributed by atoms with E-state index in [-0.39, 0.29) is 19.5 Å². The average molecular weight is 519 g/mol. The number of aliphatic imine (C=N–C) groups is 1. The van der Waals surface area contributed by atoms with E-state index in [1.165, 1.54) is 60.8 Å². The standard InChI is InChI=1S/C21H25N2.C8H14.Rh/c1-14-9-7-10-15(2)20(14)22-18(5)13-19(6)23-21-16(3)11-8-12-17(21)4;1-2-4-6-8-7-5-3-1;/h7-13H,1-6H3;1-2H,3-8H2;/q-1;;/b18-13-,23-19?;2-1-;. The first kappa shape index (κ1) is 28.0. The fourth-order valence-electron chi connectivity index (χ4n) is 3.80. The van der Waals surface area contributed by atoms with E-state index in [1.54, 1.807) is 0 Å². The van der Waals surface area contributed by atoms with Crippen molar-refractivity contribution in [3.63, 3.8) is 0 Å². The largest absolute Gasteiger partial charge is 0.661 e. The summed E-state index contributed by atoms with van der Waals surface area (Å²) in [6.07, 6.45) is 15.0. The first-order valence-corrected chi connectivity index (χ1v) is 11.6. The second-order valence-corrected chi connectivity index (χ2v) is 8.59. The second-order valence-electron chi connectivity index (χ2n) is 8.59. The van der Waals surface area contributed by atoms with Gasteiger partial charge in [-0.2, -0.15) is 5.70 Å². The molecular formula is C29H39N2Rh-. The third-order valence-corrected chi connectivity index (χ3v) is 5.53. The van der Waals surface area contributed by atoms with Crippen molar-refractivity contribution in [3.05, 3.63) is 87.9 Å². The molecule has 0 unspecified atom stereocenters. The van der Waals surface area contributed by atoms with Gasteiger partial charge in [-0.1, -0.05) is 85.5 Å². The van der Waals surface area contributed by atoms with Gasteiger partial charge in [-0.3, -0.25) is 4.99 Å². The van der Waals surface area contributed by atoms with Crippen molar-refractivity contribution in [3.8, 4) is 0 Å². The Kier molecular flexibility index (Phi) is 13.1. The molecule has 0 spiro atoms. The van der Waals surface area contributed by atoms with Crippen molar-refractivity contribution in [2.75, 3.05) is 0 Å². The molecule has 0 heterocycles. The quantitative estimate of drug-likeness (QED) is 0.219. The molecule has 3 rings (SSSR count). The zero-order valence-electron chi connectivity index (χ0n) is 20.7. The molecule has 0 aliphatic heterocycles. The average Bonchev–Trinajstić information content (AvgIpc) is 2.68. The Labute approximate surface area is 209 Å². The number of allylic oxidation sites excluding steroid dienone is 4. The molecule has 0 atom stereocenters. The van der Waals surface area contributed by atoms with E-state index in [1.807, 2.05) is 19.9 Å². The zero-order valence-corrected chi connectivity index (χ0v) is 22.3. The number of hydrogen-bond acceptors (Lipinski definition) is 1. The fraction of sp³-hybridized carbons (Fsp3) is 0.414. The molecule has 2 aromatic carbocycles. The van der Waals surface area contributed by atoms with Gasteiger partial charge in [0, 0.05) is 25.2 Å². The summed E-state index contributed by atoms with van der Waals surface area (Å²) in [5.41, 5.74) is 8.83. The SMILES string of the molecule is C1=C\CCCCCC/1.CC(/C=C(/C)[N-]c1c(C)cccc1C)=Nc1c(C)cccc1C.[Rh]. The van der Waals surface area contributed by atoms with E-state index in [9.17, 15) is 0 Å². The van der Waals surface area contributed by atoms with Crippen molar-refractivity contribution in [2.45, 2.75) is 80.1 Å². The summed E-state index contributed by atoms with van der Waals surface area (Å²) >= 11 is 0. The van der Waals surface area contributed by atoms with Crippen LogP contribution < -0.4 is 0 Å². The van der Waals surface area contributed by atoms with Gasteiger partial charge in [0.15, 0.2) is 0 Å². The molecular weight excluding hydrogens is 479 g/mol. The molecule has 1 aliphatic rings. The van der Waals surface area contributed by atoms with Crippen LogP contribution in [0, 0.1) is 27.7 Å². The first-order chi connectivity index (χ1) is 14.9. The van der Waals surface area contributed by atoms with Crippen LogP contribution in [0.3, 0.4) is 0 Å². The van der Waals surface area contributed by atoms with Crippen LogP contribution in [0.4, 0.5) is 11.4 Å². The van der Waals surface area contributed by atoms with Crippen LogP contribution in [-0.4, -0.2) is 5.71 Å². The van der Waals surface area contributed by atoms with Crippen molar-refractivity contribution >= 4 is 17.1 Å². The fourth-order valence-corrected chi connectivity index (χ4v) is 3.80. The number of hydrogen-bond donors (Lipinski definition) is 0. The Morgan fingerprint density at radius 1 is 0.750 bits per heavy atom. The van der Waals surface area contributed by atoms with E-state index in [2.05, 4.69) is 76.2 Å². The molecule has 0 bridgehead atoms. The molecule has 2 nitrogen and oxygen atoms in total. The molecule has 0 saturated heterocycles. The van der Waals surface area contributed by atoms with Crippen LogP contribution in [0.25, 0.3) is 5.32 Å². The molecule has 0 aromatic heterocycles. The van der Waals surface area contributed by atoms with Gasteiger partial charge in [0.05, 0.1) is 5.69 Å². The summed E-state index contributed by atoms with van der Waals surface area (Å²) in [6, 6.07) is 12.5. The van der Waals surface area contributed by atoms with Gasteiger partial charge in [-0.15, -0.1) is 5.69 Å². The summed E-state index contributed by atoms with van der Waals surface area (Å²) in [6.45, 7) is 12.4. The van der Waals surface area contributed by atoms with Crippen molar-refractivity contribution in [1.29, 1.82) is 0 Å². The van der Waals surface area contributed by atoms with Gasteiger partial charge in [-0.05, 0) is 71.4 Å². The number of rotatable bonds is 4. The Morgan fingerprint density at radius 3 is 1.72 bits per heavy atom. The van der Waals surface area contributed by atoms with Gasteiger partial charge in [0.25, 0.3) is 0 Å². The monoisotopic (exact) mass is 518 g/mol. The minimum atomic E-state index is 0. The maximum absolute atomic E-state index is 4.76. The number of aryl methyl sites for hydroxylation is 4. The Morgan fingerprint density at radius 2 is 1.22 bits per heavy atom. The van der Waals surface area contributed by atoms with Crippen LogP contribution >= 0.6 is 0 Å². The minimum Gasteiger partial charge on any atom is -0.661 e. The summed E-state index contributed by atoms with van der Waals surface area (Å²) in [7, 11) is 0. The van der Waals surface area contributed by atoms with Gasteiger partial charge >= 0.3 is 0 Å². The summed E-state index contributed by atoms with van der Waals surface area (Å²) in [4.78, 5) is 4.76. The summed E-state index contributed by atoms with van der Waals surface area (Å²) in [5.74, 6) is 0. The van der Waals surface area contributed by atoms with Gasteiger partial charge in [0.1, 0.15) is 0 Å². The van der Waals surface area contributed by atoms with Crippen LogP contribution in [0.2, 0.25) is 0 Å². The Balaban J connectivity index is 0.000000480. The van der Waals surface area contributed by atoms with Crippen molar-refractivity contribution < 1.29 is 19.5 Å². The topological polar surface area (TPSA) is 26.5 Å². The molecule has 32 heavy (non-hydrogen) atoms. The zero-order chi connectivity index (χ0) is 22.6. The van der Waals surface area contributed by atoms with E-state index < -0.39 is 0 Å².